The van der Waals surface area contributed by atoms with Gasteiger partial charge in [0.25, 0.3) is 0 Å². The third-order valence-electron chi connectivity index (χ3n) is 2.35. The highest BCUT2D eigenvalue weighted by molar-refractivity contribution is 5.36. The molecule has 0 aliphatic heterocycles. The van der Waals surface area contributed by atoms with E-state index in [4.69, 9.17) is 4.74 Å². The van der Waals surface area contributed by atoms with Gasteiger partial charge in [0.15, 0.2) is 0 Å². The van der Waals surface area contributed by atoms with Crippen LogP contribution in [0.3, 0.4) is 0 Å². The van der Waals surface area contributed by atoms with E-state index in [1.165, 1.54) is 12.1 Å². The number of rotatable bonds is 4. The highest BCUT2D eigenvalue weighted by atomic mass is 19.1. The molecule has 0 bridgehead atoms. The third kappa shape index (κ3) is 3.25. The molecule has 0 radical (unpaired) electrons. The zero-order valence-electron chi connectivity index (χ0n) is 9.80. The first kappa shape index (κ1) is 12.5. The van der Waals surface area contributed by atoms with Gasteiger partial charge < -0.3 is 10.1 Å². The van der Waals surface area contributed by atoms with Crippen molar-refractivity contribution < 1.29 is 9.13 Å². The van der Waals surface area contributed by atoms with Crippen molar-refractivity contribution in [3.8, 4) is 17.6 Å². The molecule has 0 heterocycles. The minimum atomic E-state index is -0.300. The maximum absolute atomic E-state index is 13.1. The van der Waals surface area contributed by atoms with E-state index in [1.807, 2.05) is 14.0 Å². The highest BCUT2D eigenvalue weighted by Gasteiger charge is 2.10. The lowest BCUT2D eigenvalue weighted by Gasteiger charge is -2.15. The molecule has 1 N–H and O–H groups in total. The summed E-state index contributed by atoms with van der Waals surface area (Å²) in [6, 6.07) is 4.66. The van der Waals surface area contributed by atoms with Gasteiger partial charge in [-0.2, -0.15) is 0 Å². The Balaban J connectivity index is 2.92. The average Bonchev–Trinajstić information content (AvgIpc) is 2.29. The largest absolute Gasteiger partial charge is 0.480 e. The van der Waals surface area contributed by atoms with Crippen LogP contribution >= 0.6 is 0 Å². The molecular weight excluding hydrogens is 205 g/mol. The monoisotopic (exact) mass is 221 g/mol. The van der Waals surface area contributed by atoms with Gasteiger partial charge in [-0.05, 0) is 27.0 Å². The van der Waals surface area contributed by atoms with Gasteiger partial charge in [0.05, 0.1) is 0 Å². The van der Waals surface area contributed by atoms with Crippen LogP contribution in [0.4, 0.5) is 4.39 Å². The molecule has 2 nitrogen and oxygen atoms in total. The normalized spacial score (nSPS) is 11.5. The van der Waals surface area contributed by atoms with Crippen LogP contribution in [-0.2, 0) is 0 Å². The Kier molecular flexibility index (Phi) is 4.81. The summed E-state index contributed by atoms with van der Waals surface area (Å²) in [7, 11) is 1.85. The van der Waals surface area contributed by atoms with E-state index in [0.717, 1.165) is 5.56 Å². The molecular formula is C13H16FNO. The van der Waals surface area contributed by atoms with Crippen LogP contribution in [0.1, 0.15) is 25.5 Å². The molecule has 86 valence electrons. The number of halogens is 1. The van der Waals surface area contributed by atoms with E-state index >= 15 is 0 Å². The second-order valence-electron chi connectivity index (χ2n) is 3.41. The lowest BCUT2D eigenvalue weighted by atomic mass is 10.1. The molecule has 0 saturated carbocycles. The number of ether oxygens (including phenoxy) is 1. The van der Waals surface area contributed by atoms with Gasteiger partial charge in [0, 0.05) is 17.7 Å². The predicted molar refractivity (Wildman–Crippen MR) is 62.8 cm³/mol. The molecule has 1 atom stereocenters. The minimum Gasteiger partial charge on any atom is -0.480 e. The summed E-state index contributed by atoms with van der Waals surface area (Å²) in [5, 5.41) is 3.09. The summed E-state index contributed by atoms with van der Waals surface area (Å²) in [6.45, 7) is 4.01. The zero-order valence-corrected chi connectivity index (χ0v) is 9.80. The van der Waals surface area contributed by atoms with E-state index in [1.54, 1.807) is 13.0 Å². The Morgan fingerprint density at radius 1 is 1.50 bits per heavy atom. The average molecular weight is 221 g/mol. The number of hydrogen-bond donors (Lipinski definition) is 1. The maximum atomic E-state index is 13.1. The molecule has 16 heavy (non-hydrogen) atoms. The molecule has 0 fully saturated rings. The van der Waals surface area contributed by atoms with Gasteiger partial charge in [0.1, 0.15) is 18.2 Å². The van der Waals surface area contributed by atoms with Gasteiger partial charge >= 0.3 is 0 Å². The Hall–Kier alpha value is -1.53. The molecule has 1 aromatic rings. The SMILES string of the molecule is CC#CCOc1cc(F)ccc1C(C)NC. The van der Waals surface area contributed by atoms with Crippen molar-refractivity contribution in [2.24, 2.45) is 0 Å². The van der Waals surface area contributed by atoms with Crippen LogP contribution in [0.2, 0.25) is 0 Å². The standard InChI is InChI=1S/C13H16FNO/c1-4-5-8-16-13-9-11(14)6-7-12(13)10(2)15-3/h6-7,9-10,15H,8H2,1-3H3. The van der Waals surface area contributed by atoms with Crippen LogP contribution in [0.15, 0.2) is 18.2 Å². The first-order chi connectivity index (χ1) is 7.69. The van der Waals surface area contributed by atoms with Crippen molar-refractivity contribution in [3.05, 3.63) is 29.6 Å². The molecule has 1 aromatic carbocycles. The summed E-state index contributed by atoms with van der Waals surface area (Å²) in [4.78, 5) is 0. The minimum absolute atomic E-state index is 0.116. The third-order valence-corrected chi connectivity index (χ3v) is 2.35. The van der Waals surface area contributed by atoms with Gasteiger partial charge in [-0.15, -0.1) is 5.92 Å². The van der Waals surface area contributed by atoms with Gasteiger partial charge in [0.2, 0.25) is 0 Å². The fourth-order valence-corrected chi connectivity index (χ4v) is 1.33. The zero-order chi connectivity index (χ0) is 12.0. The Bertz CT molecular complexity index is 406. The highest BCUT2D eigenvalue weighted by Crippen LogP contribution is 2.25. The van der Waals surface area contributed by atoms with Crippen LogP contribution in [0.5, 0.6) is 5.75 Å². The summed E-state index contributed by atoms with van der Waals surface area (Å²) >= 11 is 0. The van der Waals surface area contributed by atoms with Crippen molar-refractivity contribution in [2.75, 3.05) is 13.7 Å². The predicted octanol–water partition coefficient (Wildman–Crippen LogP) is 2.51. The lowest BCUT2D eigenvalue weighted by Crippen LogP contribution is -2.14. The fourth-order valence-electron chi connectivity index (χ4n) is 1.33. The van der Waals surface area contributed by atoms with Gasteiger partial charge in [-0.3, -0.25) is 0 Å². The quantitative estimate of drug-likeness (QED) is 0.789. The van der Waals surface area contributed by atoms with Crippen LogP contribution < -0.4 is 10.1 Å². The molecule has 0 aromatic heterocycles. The fraction of sp³-hybridized carbons (Fsp3) is 0.385. The summed E-state index contributed by atoms with van der Waals surface area (Å²) in [5.74, 6) is 5.76. The van der Waals surface area contributed by atoms with Gasteiger partial charge in [-0.1, -0.05) is 12.0 Å². The topological polar surface area (TPSA) is 21.3 Å². The molecule has 0 saturated heterocycles. The number of hydrogen-bond acceptors (Lipinski definition) is 2. The smallest absolute Gasteiger partial charge is 0.149 e. The summed E-state index contributed by atoms with van der Waals surface area (Å²) < 4.78 is 18.5. The molecule has 1 unspecified atom stereocenters. The molecule has 0 aliphatic carbocycles. The van der Waals surface area contributed by atoms with E-state index in [-0.39, 0.29) is 18.5 Å². The Labute approximate surface area is 95.8 Å². The molecule has 0 aliphatic rings. The summed E-state index contributed by atoms with van der Waals surface area (Å²) in [5.41, 5.74) is 0.932. The van der Waals surface area contributed by atoms with Crippen LogP contribution in [0, 0.1) is 17.7 Å². The first-order valence-electron chi connectivity index (χ1n) is 5.18. The van der Waals surface area contributed by atoms with Gasteiger partial charge in [-0.25, -0.2) is 4.39 Å². The van der Waals surface area contributed by atoms with E-state index in [2.05, 4.69) is 17.2 Å². The number of nitrogens with one attached hydrogen (secondary N) is 1. The second kappa shape index (κ2) is 6.14. The van der Waals surface area contributed by atoms with E-state index < -0.39 is 0 Å². The second-order valence-corrected chi connectivity index (χ2v) is 3.41. The lowest BCUT2D eigenvalue weighted by molar-refractivity contribution is 0.359. The van der Waals surface area contributed by atoms with Crippen molar-refractivity contribution in [3.63, 3.8) is 0 Å². The van der Waals surface area contributed by atoms with E-state index in [9.17, 15) is 4.39 Å². The molecule has 1 rings (SSSR count). The Morgan fingerprint density at radius 3 is 2.88 bits per heavy atom. The maximum Gasteiger partial charge on any atom is 0.149 e. The van der Waals surface area contributed by atoms with Crippen LogP contribution in [0.25, 0.3) is 0 Å². The number of benzene rings is 1. The van der Waals surface area contributed by atoms with Crippen LogP contribution in [-0.4, -0.2) is 13.7 Å². The van der Waals surface area contributed by atoms with Crippen molar-refractivity contribution in [1.82, 2.24) is 5.32 Å². The molecule has 0 spiro atoms. The van der Waals surface area contributed by atoms with Crippen molar-refractivity contribution in [1.29, 1.82) is 0 Å². The molecule has 3 heteroatoms. The molecule has 0 amide bonds. The first-order valence-corrected chi connectivity index (χ1v) is 5.18. The van der Waals surface area contributed by atoms with Crippen molar-refractivity contribution >= 4 is 0 Å². The van der Waals surface area contributed by atoms with E-state index in [0.29, 0.717) is 5.75 Å². The summed E-state index contributed by atoms with van der Waals surface area (Å²) in [6.07, 6.45) is 0. The Morgan fingerprint density at radius 2 is 2.25 bits per heavy atom. The van der Waals surface area contributed by atoms with Crippen molar-refractivity contribution in [2.45, 2.75) is 19.9 Å².